The number of carbonyl (C=O) groups excluding carboxylic acids is 1. The first-order valence-electron chi connectivity index (χ1n) is 6.72. The molecule has 2 aliphatic rings. The van der Waals surface area contributed by atoms with Crippen LogP contribution in [0.4, 0.5) is 0 Å². The summed E-state index contributed by atoms with van der Waals surface area (Å²) >= 11 is 8.30. The number of hydrogen-bond acceptors (Lipinski definition) is 4. The van der Waals surface area contributed by atoms with Crippen LogP contribution in [0.2, 0.25) is 0 Å². The third-order valence-corrected chi connectivity index (χ3v) is 6.19. The topological polar surface area (TPSA) is 41.6 Å². The second-order valence-electron chi connectivity index (χ2n) is 5.19. The number of morpholine rings is 1. The summed E-state index contributed by atoms with van der Waals surface area (Å²) in [7, 11) is 0. The van der Waals surface area contributed by atoms with Gasteiger partial charge in [-0.2, -0.15) is 0 Å². The van der Waals surface area contributed by atoms with E-state index in [0.717, 1.165) is 20.7 Å². The van der Waals surface area contributed by atoms with Crippen LogP contribution < -0.4 is 5.32 Å². The summed E-state index contributed by atoms with van der Waals surface area (Å²) in [4.78, 5) is 14.6. The van der Waals surface area contributed by atoms with Gasteiger partial charge in [-0.25, -0.2) is 0 Å². The number of halogens is 2. The molecule has 7 heteroatoms. The van der Waals surface area contributed by atoms with Gasteiger partial charge in [0.15, 0.2) is 0 Å². The molecule has 1 amide bonds. The predicted octanol–water partition coefficient (Wildman–Crippen LogP) is 2.87. The SMILES string of the molecule is O=C(NCC1CN2CCCC2CO1)c1cc(Br)sc1Br. The van der Waals surface area contributed by atoms with Crippen LogP contribution in [0.1, 0.15) is 23.2 Å². The van der Waals surface area contributed by atoms with Crippen molar-refractivity contribution in [1.29, 1.82) is 0 Å². The van der Waals surface area contributed by atoms with Crippen LogP contribution in [0.5, 0.6) is 0 Å². The molecule has 0 aromatic carbocycles. The van der Waals surface area contributed by atoms with E-state index in [1.165, 1.54) is 30.7 Å². The zero-order valence-corrected chi connectivity index (χ0v) is 14.9. The zero-order chi connectivity index (χ0) is 14.1. The first-order chi connectivity index (χ1) is 9.63. The number of rotatable bonds is 3. The van der Waals surface area contributed by atoms with Gasteiger partial charge in [-0.05, 0) is 57.3 Å². The van der Waals surface area contributed by atoms with Gasteiger partial charge in [0.2, 0.25) is 0 Å². The fourth-order valence-electron chi connectivity index (χ4n) is 2.81. The van der Waals surface area contributed by atoms with Crippen molar-refractivity contribution in [3.05, 3.63) is 19.2 Å². The lowest BCUT2D eigenvalue weighted by Crippen LogP contribution is -2.50. The van der Waals surface area contributed by atoms with E-state index in [9.17, 15) is 4.79 Å². The molecule has 0 bridgehead atoms. The van der Waals surface area contributed by atoms with Crippen LogP contribution >= 0.6 is 43.2 Å². The summed E-state index contributed by atoms with van der Waals surface area (Å²) < 4.78 is 7.64. The molecule has 3 rings (SSSR count). The average molecular weight is 424 g/mol. The Kier molecular flexibility index (Phi) is 4.82. The van der Waals surface area contributed by atoms with Crippen molar-refractivity contribution in [2.45, 2.75) is 25.0 Å². The third-order valence-electron chi connectivity index (χ3n) is 3.85. The Hall–Kier alpha value is 0.0500. The molecular weight excluding hydrogens is 408 g/mol. The molecular formula is C13H16Br2N2O2S. The van der Waals surface area contributed by atoms with Gasteiger partial charge < -0.3 is 10.1 Å². The van der Waals surface area contributed by atoms with E-state index in [1.54, 1.807) is 0 Å². The molecule has 0 radical (unpaired) electrons. The molecule has 1 N–H and O–H groups in total. The van der Waals surface area contributed by atoms with Crippen molar-refractivity contribution in [2.24, 2.45) is 0 Å². The fourth-order valence-corrected chi connectivity index (χ4v) is 5.60. The van der Waals surface area contributed by atoms with E-state index < -0.39 is 0 Å². The maximum absolute atomic E-state index is 12.1. The summed E-state index contributed by atoms with van der Waals surface area (Å²) in [5.74, 6) is -0.0500. The summed E-state index contributed by atoms with van der Waals surface area (Å²) in [5.41, 5.74) is 0.678. The van der Waals surface area contributed by atoms with Crippen LogP contribution in [0, 0.1) is 0 Å². The Morgan fingerprint density at radius 2 is 2.40 bits per heavy atom. The highest BCUT2D eigenvalue weighted by Crippen LogP contribution is 2.31. The number of thiophene rings is 1. The predicted molar refractivity (Wildman–Crippen MR) is 86.4 cm³/mol. The number of carbonyl (C=O) groups is 1. The maximum atomic E-state index is 12.1. The van der Waals surface area contributed by atoms with Gasteiger partial charge in [-0.3, -0.25) is 9.69 Å². The molecule has 2 fully saturated rings. The molecule has 3 heterocycles. The minimum absolute atomic E-state index is 0.0500. The van der Waals surface area contributed by atoms with Crippen molar-refractivity contribution in [2.75, 3.05) is 26.2 Å². The van der Waals surface area contributed by atoms with E-state index in [-0.39, 0.29) is 12.0 Å². The highest BCUT2D eigenvalue weighted by Gasteiger charge is 2.32. The molecule has 2 saturated heterocycles. The van der Waals surface area contributed by atoms with Gasteiger partial charge in [0.1, 0.15) is 0 Å². The van der Waals surface area contributed by atoms with Crippen molar-refractivity contribution < 1.29 is 9.53 Å². The summed E-state index contributed by atoms with van der Waals surface area (Å²) in [6.45, 7) is 3.47. The van der Waals surface area contributed by atoms with Crippen molar-refractivity contribution in [3.8, 4) is 0 Å². The summed E-state index contributed by atoms with van der Waals surface area (Å²) in [6.07, 6.45) is 2.62. The highest BCUT2D eigenvalue weighted by atomic mass is 79.9. The Morgan fingerprint density at radius 3 is 3.15 bits per heavy atom. The van der Waals surface area contributed by atoms with Crippen LogP contribution in [-0.2, 0) is 4.74 Å². The lowest BCUT2D eigenvalue weighted by Gasteiger charge is -2.35. The molecule has 20 heavy (non-hydrogen) atoms. The Labute approximate surface area is 139 Å². The Bertz CT molecular complexity index is 509. The van der Waals surface area contributed by atoms with Gasteiger partial charge in [-0.1, -0.05) is 0 Å². The minimum atomic E-state index is -0.0500. The monoisotopic (exact) mass is 422 g/mol. The fraction of sp³-hybridized carbons (Fsp3) is 0.615. The number of nitrogens with one attached hydrogen (secondary N) is 1. The van der Waals surface area contributed by atoms with Crippen LogP contribution in [-0.4, -0.2) is 49.2 Å². The molecule has 2 aliphatic heterocycles. The first kappa shape index (κ1) is 15.0. The molecule has 1 aromatic heterocycles. The van der Waals surface area contributed by atoms with Gasteiger partial charge >= 0.3 is 0 Å². The van der Waals surface area contributed by atoms with E-state index in [2.05, 4.69) is 42.1 Å². The lowest BCUT2D eigenvalue weighted by atomic mass is 10.2. The van der Waals surface area contributed by atoms with E-state index in [0.29, 0.717) is 18.2 Å². The van der Waals surface area contributed by atoms with Gasteiger partial charge in [0.25, 0.3) is 5.91 Å². The molecule has 110 valence electrons. The number of hydrogen-bond donors (Lipinski definition) is 1. The van der Waals surface area contributed by atoms with Crippen molar-refractivity contribution >= 4 is 49.1 Å². The summed E-state index contributed by atoms with van der Waals surface area (Å²) in [5, 5.41) is 2.97. The van der Waals surface area contributed by atoms with Crippen LogP contribution in [0.25, 0.3) is 0 Å². The molecule has 2 atom stereocenters. The van der Waals surface area contributed by atoms with Gasteiger partial charge in [-0.15, -0.1) is 11.3 Å². The first-order valence-corrected chi connectivity index (χ1v) is 9.12. The standard InChI is InChI=1S/C13H16Br2N2O2S/c14-11-4-10(12(15)20-11)13(18)16-5-9-6-17-3-1-2-8(17)7-19-9/h4,8-9H,1-3,5-7H2,(H,16,18). The molecule has 4 nitrogen and oxygen atoms in total. The smallest absolute Gasteiger partial charge is 0.253 e. The molecule has 0 spiro atoms. The zero-order valence-electron chi connectivity index (χ0n) is 10.9. The number of ether oxygens (including phenoxy) is 1. The molecule has 0 saturated carbocycles. The normalized spacial score (nSPS) is 26.5. The highest BCUT2D eigenvalue weighted by molar-refractivity contribution is 9.12. The van der Waals surface area contributed by atoms with E-state index in [4.69, 9.17) is 4.74 Å². The molecule has 2 unspecified atom stereocenters. The van der Waals surface area contributed by atoms with Gasteiger partial charge in [0, 0.05) is 19.1 Å². The largest absolute Gasteiger partial charge is 0.373 e. The number of amides is 1. The molecule has 0 aliphatic carbocycles. The maximum Gasteiger partial charge on any atom is 0.253 e. The minimum Gasteiger partial charge on any atom is -0.373 e. The lowest BCUT2D eigenvalue weighted by molar-refractivity contribution is -0.0461. The second-order valence-corrected chi connectivity index (χ2v) is 8.94. The van der Waals surface area contributed by atoms with Crippen molar-refractivity contribution in [1.82, 2.24) is 10.2 Å². The number of nitrogens with zero attached hydrogens (tertiary/aromatic N) is 1. The Morgan fingerprint density at radius 1 is 1.55 bits per heavy atom. The average Bonchev–Trinajstić information content (AvgIpc) is 3.01. The van der Waals surface area contributed by atoms with E-state index in [1.807, 2.05) is 6.07 Å². The third kappa shape index (κ3) is 3.27. The number of fused-ring (bicyclic) bond motifs is 1. The van der Waals surface area contributed by atoms with E-state index >= 15 is 0 Å². The van der Waals surface area contributed by atoms with Gasteiger partial charge in [0.05, 0.1) is 25.8 Å². The molecule has 1 aromatic rings. The van der Waals surface area contributed by atoms with Crippen LogP contribution in [0.3, 0.4) is 0 Å². The quantitative estimate of drug-likeness (QED) is 0.812. The summed E-state index contributed by atoms with van der Waals surface area (Å²) in [6, 6.07) is 2.44. The van der Waals surface area contributed by atoms with Crippen molar-refractivity contribution in [3.63, 3.8) is 0 Å². The second kappa shape index (κ2) is 6.44. The Balaban J connectivity index is 1.52. The van der Waals surface area contributed by atoms with Crippen LogP contribution in [0.15, 0.2) is 13.6 Å².